The Labute approximate surface area is 135 Å². The Morgan fingerprint density at radius 3 is 2.76 bits per heavy atom. The second kappa shape index (κ2) is 6.62. The van der Waals surface area contributed by atoms with E-state index in [1.54, 1.807) is 18.2 Å². The SMILES string of the molecule is COC(=O)c1cccc(Br)c1N1CC(SC(C)=O)CC1=O. The van der Waals surface area contributed by atoms with Gasteiger partial charge in [-0.2, -0.15) is 0 Å². The number of benzene rings is 1. The van der Waals surface area contributed by atoms with Crippen LogP contribution >= 0.6 is 27.7 Å². The monoisotopic (exact) mass is 371 g/mol. The fourth-order valence-corrected chi connectivity index (χ4v) is 3.77. The number of anilines is 1. The van der Waals surface area contributed by atoms with E-state index in [1.807, 2.05) is 0 Å². The van der Waals surface area contributed by atoms with Crippen LogP contribution < -0.4 is 4.90 Å². The average Bonchev–Trinajstić information content (AvgIpc) is 2.77. The molecule has 1 fully saturated rings. The first-order valence-corrected chi connectivity index (χ1v) is 7.95. The molecule has 1 aliphatic rings. The largest absolute Gasteiger partial charge is 0.465 e. The Bertz CT molecular complexity index is 605. The first-order chi connectivity index (χ1) is 9.93. The Morgan fingerprint density at radius 2 is 2.14 bits per heavy atom. The number of carbonyl (C=O) groups excluding carboxylic acids is 3. The fourth-order valence-electron chi connectivity index (χ4n) is 2.27. The number of para-hydroxylation sites is 1. The maximum atomic E-state index is 12.2. The van der Waals surface area contributed by atoms with E-state index >= 15 is 0 Å². The van der Waals surface area contributed by atoms with Crippen LogP contribution in [0.3, 0.4) is 0 Å². The second-order valence-electron chi connectivity index (χ2n) is 4.57. The van der Waals surface area contributed by atoms with Crippen molar-refractivity contribution in [2.24, 2.45) is 0 Å². The maximum absolute atomic E-state index is 12.2. The number of methoxy groups -OCH3 is 1. The van der Waals surface area contributed by atoms with E-state index in [0.29, 0.717) is 22.3 Å². The van der Waals surface area contributed by atoms with Crippen LogP contribution in [0.15, 0.2) is 22.7 Å². The van der Waals surface area contributed by atoms with Crippen molar-refractivity contribution in [2.75, 3.05) is 18.6 Å². The standard InChI is InChI=1S/C14H14BrNO4S/c1-8(17)21-9-6-12(18)16(7-9)13-10(14(19)20-2)4-3-5-11(13)15/h3-5,9H,6-7H2,1-2H3. The molecule has 0 bridgehead atoms. The molecule has 1 aromatic carbocycles. The summed E-state index contributed by atoms with van der Waals surface area (Å²) in [5.41, 5.74) is 0.828. The van der Waals surface area contributed by atoms with Crippen LogP contribution in [0.1, 0.15) is 23.7 Å². The van der Waals surface area contributed by atoms with Crippen molar-refractivity contribution >= 4 is 50.4 Å². The van der Waals surface area contributed by atoms with Gasteiger partial charge in [-0.15, -0.1) is 0 Å². The van der Waals surface area contributed by atoms with E-state index in [0.717, 1.165) is 11.8 Å². The molecule has 21 heavy (non-hydrogen) atoms. The lowest BCUT2D eigenvalue weighted by Crippen LogP contribution is -2.27. The van der Waals surface area contributed by atoms with Crippen LogP contribution in [-0.2, 0) is 14.3 Å². The Morgan fingerprint density at radius 1 is 1.43 bits per heavy atom. The highest BCUT2D eigenvalue weighted by molar-refractivity contribution is 9.10. The van der Waals surface area contributed by atoms with E-state index in [9.17, 15) is 14.4 Å². The highest BCUT2D eigenvalue weighted by Crippen LogP contribution is 2.36. The molecular formula is C14H14BrNO4S. The molecule has 1 amide bonds. The van der Waals surface area contributed by atoms with Crippen LogP contribution in [0.25, 0.3) is 0 Å². The van der Waals surface area contributed by atoms with E-state index in [4.69, 9.17) is 4.74 Å². The van der Waals surface area contributed by atoms with E-state index < -0.39 is 5.97 Å². The van der Waals surface area contributed by atoms with Crippen molar-refractivity contribution in [3.05, 3.63) is 28.2 Å². The normalized spacial score (nSPS) is 18.0. The minimum absolute atomic E-state index is 0.0185. The predicted octanol–water partition coefficient (Wildman–Crippen LogP) is 2.62. The van der Waals surface area contributed by atoms with Gasteiger partial charge in [-0.05, 0) is 28.1 Å². The molecule has 0 spiro atoms. The van der Waals surface area contributed by atoms with Gasteiger partial charge in [-0.3, -0.25) is 9.59 Å². The molecule has 0 saturated carbocycles. The molecule has 0 aromatic heterocycles. The first kappa shape index (κ1) is 16.0. The van der Waals surface area contributed by atoms with Gasteiger partial charge in [0.05, 0.1) is 18.4 Å². The molecular weight excluding hydrogens is 358 g/mol. The molecule has 1 unspecified atom stereocenters. The van der Waals surface area contributed by atoms with Gasteiger partial charge in [-0.1, -0.05) is 17.8 Å². The lowest BCUT2D eigenvalue weighted by Gasteiger charge is -2.20. The molecule has 1 atom stereocenters. The molecule has 5 nitrogen and oxygen atoms in total. The average molecular weight is 372 g/mol. The number of nitrogens with zero attached hydrogens (tertiary/aromatic N) is 1. The molecule has 1 aliphatic heterocycles. The van der Waals surface area contributed by atoms with Crippen molar-refractivity contribution in [1.29, 1.82) is 0 Å². The quantitative estimate of drug-likeness (QED) is 0.764. The van der Waals surface area contributed by atoms with Gasteiger partial charge in [0, 0.05) is 29.6 Å². The molecule has 1 heterocycles. The van der Waals surface area contributed by atoms with Gasteiger partial charge < -0.3 is 9.64 Å². The van der Waals surface area contributed by atoms with Crippen LogP contribution in [-0.4, -0.2) is 35.9 Å². The molecule has 112 valence electrons. The summed E-state index contributed by atoms with van der Waals surface area (Å²) in [5.74, 6) is -0.604. The van der Waals surface area contributed by atoms with Gasteiger partial charge in [0.25, 0.3) is 0 Å². The number of esters is 1. The summed E-state index contributed by atoms with van der Waals surface area (Å²) in [6.07, 6.45) is 0.284. The minimum Gasteiger partial charge on any atom is -0.465 e. The van der Waals surface area contributed by atoms with Crippen LogP contribution in [0.5, 0.6) is 0 Å². The minimum atomic E-state index is -0.498. The van der Waals surface area contributed by atoms with Crippen LogP contribution in [0.2, 0.25) is 0 Å². The van der Waals surface area contributed by atoms with Crippen LogP contribution in [0.4, 0.5) is 5.69 Å². The number of hydrogen-bond donors (Lipinski definition) is 0. The zero-order valence-corrected chi connectivity index (χ0v) is 14.0. The van der Waals surface area contributed by atoms with E-state index in [-0.39, 0.29) is 22.7 Å². The van der Waals surface area contributed by atoms with Gasteiger partial charge in [0.15, 0.2) is 5.12 Å². The Hall–Kier alpha value is -1.34. The summed E-state index contributed by atoms with van der Waals surface area (Å²) in [7, 11) is 1.30. The zero-order valence-electron chi connectivity index (χ0n) is 11.6. The third-order valence-corrected chi connectivity index (χ3v) is 4.71. The number of thioether (sulfide) groups is 1. The summed E-state index contributed by atoms with van der Waals surface area (Å²) in [6, 6.07) is 5.09. The third-order valence-electron chi connectivity index (χ3n) is 3.08. The third kappa shape index (κ3) is 3.47. The number of halogens is 1. The Kier molecular flexibility index (Phi) is 5.05. The summed E-state index contributed by atoms with van der Waals surface area (Å²) in [5, 5.41) is -0.109. The smallest absolute Gasteiger partial charge is 0.340 e. The summed E-state index contributed by atoms with van der Waals surface area (Å²) in [6.45, 7) is 1.88. The van der Waals surface area contributed by atoms with Crippen molar-refractivity contribution in [3.63, 3.8) is 0 Å². The lowest BCUT2D eigenvalue weighted by molar-refractivity contribution is -0.117. The summed E-state index contributed by atoms with van der Waals surface area (Å²) < 4.78 is 5.41. The molecule has 0 radical (unpaired) electrons. The number of ether oxygens (including phenoxy) is 1. The predicted molar refractivity (Wildman–Crippen MR) is 84.5 cm³/mol. The molecule has 1 saturated heterocycles. The topological polar surface area (TPSA) is 63.7 Å². The lowest BCUT2D eigenvalue weighted by atomic mass is 10.1. The molecule has 2 rings (SSSR count). The zero-order chi connectivity index (χ0) is 15.6. The molecule has 7 heteroatoms. The van der Waals surface area contributed by atoms with Gasteiger partial charge >= 0.3 is 5.97 Å². The van der Waals surface area contributed by atoms with Crippen molar-refractivity contribution in [2.45, 2.75) is 18.6 Å². The van der Waals surface area contributed by atoms with Crippen molar-refractivity contribution in [3.8, 4) is 0 Å². The van der Waals surface area contributed by atoms with E-state index in [1.165, 1.54) is 18.9 Å². The molecule has 0 N–H and O–H groups in total. The molecule has 1 aromatic rings. The number of hydrogen-bond acceptors (Lipinski definition) is 5. The van der Waals surface area contributed by atoms with Crippen molar-refractivity contribution < 1.29 is 19.1 Å². The maximum Gasteiger partial charge on any atom is 0.340 e. The van der Waals surface area contributed by atoms with Gasteiger partial charge in [0.2, 0.25) is 5.91 Å². The highest BCUT2D eigenvalue weighted by atomic mass is 79.9. The highest BCUT2D eigenvalue weighted by Gasteiger charge is 2.35. The fraction of sp³-hybridized carbons (Fsp3) is 0.357. The number of carbonyl (C=O) groups is 3. The Balaban J connectivity index is 2.36. The first-order valence-electron chi connectivity index (χ1n) is 6.28. The van der Waals surface area contributed by atoms with E-state index in [2.05, 4.69) is 15.9 Å². The summed E-state index contributed by atoms with van der Waals surface area (Å²) >= 11 is 4.53. The number of rotatable bonds is 3. The number of amides is 1. The van der Waals surface area contributed by atoms with Gasteiger partial charge in [0.1, 0.15) is 0 Å². The second-order valence-corrected chi connectivity index (χ2v) is 6.90. The van der Waals surface area contributed by atoms with Crippen molar-refractivity contribution in [1.82, 2.24) is 0 Å². The van der Waals surface area contributed by atoms with Gasteiger partial charge in [-0.25, -0.2) is 4.79 Å². The molecule has 0 aliphatic carbocycles. The summed E-state index contributed by atoms with van der Waals surface area (Å²) in [4.78, 5) is 36.8. The van der Waals surface area contributed by atoms with Crippen LogP contribution in [0, 0.1) is 0 Å².